The summed E-state index contributed by atoms with van der Waals surface area (Å²) in [6, 6.07) is 6.57. The van der Waals surface area contributed by atoms with Crippen molar-refractivity contribution in [3.05, 3.63) is 70.5 Å². The Morgan fingerprint density at radius 2 is 1.95 bits per heavy atom. The van der Waals surface area contributed by atoms with Crippen molar-refractivity contribution >= 4 is 27.1 Å². The van der Waals surface area contributed by atoms with Crippen LogP contribution in [0.5, 0.6) is 0 Å². The minimum atomic E-state index is -3.11. The number of rotatable bonds is 10. The first-order chi connectivity index (χ1) is 19.8. The molecule has 2 aliphatic rings. The number of piperidine rings is 1. The third-order valence-electron chi connectivity index (χ3n) is 7.93. The summed E-state index contributed by atoms with van der Waals surface area (Å²) in [5.74, 6) is -0.236. The van der Waals surface area contributed by atoms with Gasteiger partial charge in [-0.05, 0) is 68.8 Å². The Morgan fingerprint density at radius 3 is 2.76 bits per heavy atom. The predicted molar refractivity (Wildman–Crippen MR) is 163 cm³/mol. The number of ether oxygens (including phenoxy) is 1. The van der Waals surface area contributed by atoms with Crippen LogP contribution in [0, 0.1) is 5.82 Å². The second kappa shape index (κ2) is 13.8. The summed E-state index contributed by atoms with van der Waals surface area (Å²) >= 11 is 1.37. The van der Waals surface area contributed by atoms with Crippen molar-refractivity contribution in [3.8, 4) is 0 Å². The molecule has 0 spiro atoms. The van der Waals surface area contributed by atoms with Crippen molar-refractivity contribution in [3.63, 3.8) is 0 Å². The highest BCUT2D eigenvalue weighted by atomic mass is 32.3. The van der Waals surface area contributed by atoms with E-state index in [1.807, 2.05) is 19.4 Å². The average molecular weight is 605 g/mol. The van der Waals surface area contributed by atoms with Gasteiger partial charge in [-0.15, -0.1) is 10.6 Å². The fourth-order valence-corrected chi connectivity index (χ4v) is 8.41. The Labute approximate surface area is 247 Å². The second-order valence-electron chi connectivity index (χ2n) is 10.8. The summed E-state index contributed by atoms with van der Waals surface area (Å²) in [6.45, 7) is 7.70. The molecule has 0 bridgehead atoms. The average Bonchev–Trinajstić information content (AvgIpc) is 3.59. The maximum absolute atomic E-state index is 13.3. The number of likely N-dealkylation sites (tertiary alicyclic amines) is 1. The lowest BCUT2D eigenvalue weighted by molar-refractivity contribution is 0.0488. The Balaban J connectivity index is 1.21. The molecule has 1 aromatic carbocycles. The monoisotopic (exact) mass is 604 g/mol. The first-order valence-electron chi connectivity index (χ1n) is 14.3. The summed E-state index contributed by atoms with van der Waals surface area (Å²) in [4.78, 5) is 14.2. The molecule has 2 aliphatic heterocycles. The largest absolute Gasteiger partial charge is 0.375 e. The van der Waals surface area contributed by atoms with E-state index in [9.17, 15) is 13.5 Å². The van der Waals surface area contributed by atoms with E-state index in [0.29, 0.717) is 28.8 Å². The van der Waals surface area contributed by atoms with E-state index in [0.717, 1.165) is 86.8 Å². The Bertz CT molecular complexity index is 1310. The molecule has 1 atom stereocenters. The molecule has 4 heterocycles. The van der Waals surface area contributed by atoms with Gasteiger partial charge in [0.1, 0.15) is 10.0 Å². The number of anilines is 1. The summed E-state index contributed by atoms with van der Waals surface area (Å²) in [5, 5.41) is 0.808. The van der Waals surface area contributed by atoms with Crippen LogP contribution in [0.15, 0.2) is 57.7 Å². The summed E-state index contributed by atoms with van der Waals surface area (Å²) in [5.41, 5.74) is 8.85. The topological polar surface area (TPSA) is 113 Å². The molecule has 2 fully saturated rings. The van der Waals surface area contributed by atoms with Crippen molar-refractivity contribution in [2.75, 3.05) is 44.2 Å². The molecule has 0 amide bonds. The van der Waals surface area contributed by atoms with E-state index in [1.165, 1.54) is 23.5 Å². The van der Waals surface area contributed by atoms with E-state index in [4.69, 9.17) is 10.5 Å². The fourth-order valence-electron chi connectivity index (χ4n) is 5.56. The fraction of sp³-hybridized carbons (Fsp3) is 0.517. The highest BCUT2D eigenvalue weighted by molar-refractivity contribution is 8.28. The van der Waals surface area contributed by atoms with Crippen LogP contribution in [0.25, 0.3) is 0 Å². The lowest BCUT2D eigenvalue weighted by Gasteiger charge is -2.34. The zero-order valence-corrected chi connectivity index (χ0v) is 25.3. The number of hydrogen-bond donors (Lipinski definition) is 3. The third kappa shape index (κ3) is 7.56. The Kier molecular flexibility index (Phi) is 10.1. The van der Waals surface area contributed by atoms with E-state index in [-0.39, 0.29) is 11.9 Å². The number of hydrogen-bond acceptors (Lipinski definition) is 9. The molecule has 3 aromatic rings. The molecule has 12 heteroatoms. The maximum Gasteiger partial charge on any atom is 0.187 e. The van der Waals surface area contributed by atoms with Gasteiger partial charge in [0.25, 0.3) is 0 Å². The van der Waals surface area contributed by atoms with Gasteiger partial charge in [-0.3, -0.25) is 14.0 Å². The van der Waals surface area contributed by atoms with Gasteiger partial charge in [0.15, 0.2) is 5.13 Å². The summed E-state index contributed by atoms with van der Waals surface area (Å²) < 4.78 is 44.6. The lowest BCUT2D eigenvalue weighted by atomic mass is 10.1. The van der Waals surface area contributed by atoms with Crippen molar-refractivity contribution in [1.29, 1.82) is 0 Å². The van der Waals surface area contributed by atoms with Crippen LogP contribution in [-0.4, -0.2) is 74.0 Å². The molecule has 2 saturated heterocycles. The third-order valence-corrected chi connectivity index (χ3v) is 11.5. The highest BCUT2D eigenvalue weighted by Crippen LogP contribution is 2.59. The molecule has 0 aliphatic carbocycles. The maximum atomic E-state index is 13.3. The molecule has 5 rings (SSSR count). The number of nitrogens with two attached hydrogens (primary N) is 1. The summed E-state index contributed by atoms with van der Waals surface area (Å²) in [7, 11) is -3.11. The molecular weight excluding hydrogens is 563 g/mol. The second-order valence-corrected chi connectivity index (χ2v) is 14.2. The van der Waals surface area contributed by atoms with Crippen LogP contribution in [0.4, 0.5) is 9.52 Å². The van der Waals surface area contributed by atoms with Gasteiger partial charge in [-0.2, -0.15) is 0 Å². The van der Waals surface area contributed by atoms with Crippen LogP contribution in [0.2, 0.25) is 0 Å². The number of benzene rings is 1. The Morgan fingerprint density at radius 1 is 1.12 bits per heavy atom. The van der Waals surface area contributed by atoms with Crippen molar-refractivity contribution in [1.82, 2.24) is 19.4 Å². The van der Waals surface area contributed by atoms with Crippen molar-refractivity contribution in [2.24, 2.45) is 5.73 Å². The quantitative estimate of drug-likeness (QED) is 0.277. The molecule has 41 heavy (non-hydrogen) atoms. The first-order valence-corrected chi connectivity index (χ1v) is 16.6. The van der Waals surface area contributed by atoms with Gasteiger partial charge in [0, 0.05) is 50.4 Å². The van der Waals surface area contributed by atoms with Gasteiger partial charge >= 0.3 is 0 Å². The van der Waals surface area contributed by atoms with Crippen molar-refractivity contribution in [2.45, 2.75) is 62.4 Å². The van der Waals surface area contributed by atoms with Gasteiger partial charge in [0.2, 0.25) is 0 Å². The smallest absolute Gasteiger partial charge is 0.187 e. The normalized spacial score (nSPS) is 20.7. The van der Waals surface area contributed by atoms with Crippen LogP contribution >= 0.6 is 21.9 Å². The zero-order chi connectivity index (χ0) is 28.8. The van der Waals surface area contributed by atoms with Gasteiger partial charge in [0.05, 0.1) is 30.9 Å². The molecule has 9 nitrogen and oxygen atoms in total. The van der Waals surface area contributed by atoms with Gasteiger partial charge in [-0.25, -0.2) is 14.4 Å². The number of allylic oxidation sites excluding steroid dienone is 1. The van der Waals surface area contributed by atoms with Gasteiger partial charge in [-0.1, -0.05) is 23.5 Å². The molecule has 224 valence electrons. The number of halogens is 1. The van der Waals surface area contributed by atoms with E-state index < -0.39 is 10.6 Å². The SMILES string of the molecule is CC(=C1CCCN(Cc2cncn2Cc2ccc(F)cc2)CC1)S(O)(O)c1cnc(N2CCCC(OCCN)C2)s1. The van der Waals surface area contributed by atoms with E-state index in [2.05, 4.69) is 24.3 Å². The Hall–Kier alpha value is -2.32. The van der Waals surface area contributed by atoms with E-state index >= 15 is 0 Å². The van der Waals surface area contributed by atoms with Crippen LogP contribution in [0.3, 0.4) is 0 Å². The lowest BCUT2D eigenvalue weighted by Crippen LogP contribution is -2.40. The van der Waals surface area contributed by atoms with Crippen LogP contribution in [0.1, 0.15) is 50.3 Å². The first kappa shape index (κ1) is 30.1. The molecule has 2 aromatic heterocycles. The molecule has 1 unspecified atom stereocenters. The molecule has 0 radical (unpaired) electrons. The zero-order valence-electron chi connectivity index (χ0n) is 23.6. The van der Waals surface area contributed by atoms with E-state index in [1.54, 1.807) is 18.3 Å². The number of aromatic nitrogens is 3. The number of thiazole rings is 1. The molecule has 4 N–H and O–H groups in total. The number of nitrogens with zero attached hydrogens (tertiary/aromatic N) is 5. The van der Waals surface area contributed by atoms with Crippen LogP contribution < -0.4 is 10.6 Å². The van der Waals surface area contributed by atoms with Crippen molar-refractivity contribution < 1.29 is 18.2 Å². The molecule has 0 saturated carbocycles. The highest BCUT2D eigenvalue weighted by Gasteiger charge is 2.28. The predicted octanol–water partition coefficient (Wildman–Crippen LogP) is 5.54. The minimum Gasteiger partial charge on any atom is -0.375 e. The molecular formula is C29H41FN6O3S2. The number of imidazole rings is 1. The van der Waals surface area contributed by atoms with Crippen LogP contribution in [-0.2, 0) is 17.8 Å². The minimum absolute atomic E-state index is 0.124. The van der Waals surface area contributed by atoms with Gasteiger partial charge < -0.3 is 19.9 Å². The standard InChI is InChI=1S/C29H41FN6O3S2/c1-22(41(37,38)28-17-33-29(40-28)35-13-3-5-27(20-35)39-15-11-31)24-4-2-12-34(14-10-24)19-26-16-32-21-36(26)18-23-6-8-25(30)9-7-23/h6-9,16-17,21,27,37-38H,2-5,10-15,18-20,31H2,1H3. The summed E-state index contributed by atoms with van der Waals surface area (Å²) in [6.07, 6.45) is 10.0.